The van der Waals surface area contributed by atoms with Crippen molar-refractivity contribution in [1.29, 1.82) is 0 Å². The molecular weight excluding hydrogens is 581 g/mol. The lowest BCUT2D eigenvalue weighted by molar-refractivity contribution is -0.145. The second-order valence-corrected chi connectivity index (χ2v) is 10.7. The minimum atomic E-state index is -1.12. The van der Waals surface area contributed by atoms with Crippen LogP contribution in [-0.2, 0) is 20.7 Å². The fourth-order valence-corrected chi connectivity index (χ4v) is 5.44. The number of para-hydroxylation sites is 1. The van der Waals surface area contributed by atoms with Gasteiger partial charge in [0, 0.05) is 51.7 Å². The number of thiocarbonyl (C=S) groups is 1. The van der Waals surface area contributed by atoms with Gasteiger partial charge in [-0.05, 0) is 55.0 Å². The van der Waals surface area contributed by atoms with Crippen LogP contribution in [0.15, 0.2) is 77.9 Å². The average molecular weight is 609 g/mol. The Morgan fingerprint density at radius 2 is 1.88 bits per heavy atom. The van der Waals surface area contributed by atoms with Gasteiger partial charge in [0.2, 0.25) is 6.17 Å². The third-order valence-corrected chi connectivity index (χ3v) is 7.57. The number of likely N-dealkylation sites (N-methyl/N-ethyl adjacent to an activating group) is 1. The zero-order chi connectivity index (χ0) is 29.1. The molecule has 11 heteroatoms. The van der Waals surface area contributed by atoms with Gasteiger partial charge in [0.05, 0.1) is 18.0 Å². The number of ether oxygens (including phenoxy) is 1. The molecule has 2 unspecified atom stereocenters. The van der Waals surface area contributed by atoms with Gasteiger partial charge in [-0.2, -0.15) is 0 Å². The number of anilines is 1. The molecule has 0 radical (unpaired) electrons. The summed E-state index contributed by atoms with van der Waals surface area (Å²) >= 11 is 18.5. The summed E-state index contributed by atoms with van der Waals surface area (Å²) in [4.78, 5) is 36.1. The van der Waals surface area contributed by atoms with Gasteiger partial charge in [-0.1, -0.05) is 59.6 Å². The lowest BCUT2D eigenvalue weighted by Crippen LogP contribution is -2.53. The van der Waals surface area contributed by atoms with Crippen LogP contribution < -0.4 is 15.5 Å². The number of rotatable bonds is 7. The summed E-state index contributed by atoms with van der Waals surface area (Å²) in [6.45, 7) is 1.95. The molecule has 0 fully saturated rings. The summed E-state index contributed by atoms with van der Waals surface area (Å²) in [6.07, 6.45) is 1.05. The molecule has 1 aliphatic rings. The number of nitrogens with one attached hydrogen (secondary N) is 3. The van der Waals surface area contributed by atoms with Crippen molar-refractivity contribution in [1.82, 2.24) is 15.6 Å². The van der Waals surface area contributed by atoms with Crippen LogP contribution in [0.25, 0.3) is 10.9 Å². The third kappa shape index (κ3) is 6.07. The predicted octanol–water partition coefficient (Wildman–Crippen LogP) is 5.25. The van der Waals surface area contributed by atoms with Crippen molar-refractivity contribution >= 4 is 74.7 Å². The van der Waals surface area contributed by atoms with Crippen LogP contribution >= 0.6 is 35.4 Å². The third-order valence-electron chi connectivity index (χ3n) is 6.77. The Morgan fingerprint density at radius 1 is 1.12 bits per heavy atom. The first-order chi connectivity index (χ1) is 19.8. The van der Waals surface area contributed by atoms with Gasteiger partial charge in [-0.15, -0.1) is 0 Å². The van der Waals surface area contributed by atoms with Crippen molar-refractivity contribution < 1.29 is 14.3 Å². The van der Waals surface area contributed by atoms with Crippen LogP contribution in [0.5, 0.6) is 0 Å². The minimum Gasteiger partial charge on any atom is -0.464 e. The lowest BCUT2D eigenvalue weighted by Gasteiger charge is -2.24. The van der Waals surface area contributed by atoms with E-state index in [1.807, 2.05) is 48.7 Å². The van der Waals surface area contributed by atoms with E-state index in [1.54, 1.807) is 38.2 Å². The van der Waals surface area contributed by atoms with E-state index in [0.29, 0.717) is 39.0 Å². The number of aliphatic imine (C=N–C) groups is 1. The van der Waals surface area contributed by atoms with Crippen molar-refractivity contribution in [2.75, 3.05) is 18.6 Å². The summed E-state index contributed by atoms with van der Waals surface area (Å²) in [7, 11) is 1.66. The lowest BCUT2D eigenvalue weighted by atomic mass is 10.00. The molecule has 0 saturated heterocycles. The van der Waals surface area contributed by atoms with Crippen LogP contribution in [0.1, 0.15) is 23.6 Å². The summed E-state index contributed by atoms with van der Waals surface area (Å²) in [5.41, 5.74) is 4.25. The highest BCUT2D eigenvalue weighted by Gasteiger charge is 2.32. The van der Waals surface area contributed by atoms with E-state index in [2.05, 4.69) is 15.6 Å². The number of hydrogen-bond acceptors (Lipinski definition) is 5. The molecule has 2 atom stereocenters. The van der Waals surface area contributed by atoms with Crippen molar-refractivity contribution in [3.8, 4) is 0 Å². The first kappa shape index (κ1) is 28.6. The van der Waals surface area contributed by atoms with Gasteiger partial charge in [-0.25, -0.2) is 9.79 Å². The first-order valence-corrected chi connectivity index (χ1v) is 14.1. The van der Waals surface area contributed by atoms with E-state index in [9.17, 15) is 9.59 Å². The number of esters is 1. The Labute approximate surface area is 252 Å². The molecule has 210 valence electrons. The molecule has 2 heterocycles. The molecule has 0 saturated carbocycles. The normalized spacial score (nSPS) is 15.5. The van der Waals surface area contributed by atoms with E-state index >= 15 is 0 Å². The number of hydrogen-bond donors (Lipinski definition) is 3. The largest absolute Gasteiger partial charge is 0.464 e. The first-order valence-electron chi connectivity index (χ1n) is 13.0. The number of benzene rings is 3. The van der Waals surface area contributed by atoms with Gasteiger partial charge < -0.3 is 25.3 Å². The number of aromatic nitrogens is 1. The number of fused-ring (bicyclic) bond motifs is 2. The van der Waals surface area contributed by atoms with Gasteiger partial charge in [0.25, 0.3) is 5.91 Å². The van der Waals surface area contributed by atoms with Gasteiger partial charge in [0.15, 0.2) is 5.11 Å². The number of aromatic amines is 1. The molecule has 41 heavy (non-hydrogen) atoms. The summed E-state index contributed by atoms with van der Waals surface area (Å²) in [6, 6.07) is 19.5. The Balaban J connectivity index is 1.45. The molecule has 5 rings (SSSR count). The highest BCUT2D eigenvalue weighted by atomic mass is 35.5. The zero-order valence-electron chi connectivity index (χ0n) is 22.3. The van der Waals surface area contributed by atoms with E-state index in [-0.39, 0.29) is 17.6 Å². The number of nitrogens with zero attached hydrogens (tertiary/aromatic N) is 2. The molecule has 4 aromatic rings. The quantitative estimate of drug-likeness (QED) is 0.196. The smallest absolute Gasteiger partial charge is 0.328 e. The monoisotopic (exact) mass is 607 g/mol. The van der Waals surface area contributed by atoms with Crippen molar-refractivity contribution in [3.63, 3.8) is 0 Å². The molecule has 0 spiro atoms. The Hall–Kier alpha value is -3.92. The van der Waals surface area contributed by atoms with E-state index in [0.717, 1.165) is 16.5 Å². The van der Waals surface area contributed by atoms with Crippen LogP contribution in [-0.4, -0.2) is 53.5 Å². The summed E-state index contributed by atoms with van der Waals surface area (Å²) in [5, 5.41) is 8.07. The van der Waals surface area contributed by atoms with Crippen molar-refractivity contribution in [2.45, 2.75) is 25.6 Å². The molecule has 8 nitrogen and oxygen atoms in total. The number of H-pyrrole nitrogens is 1. The highest BCUT2D eigenvalue weighted by molar-refractivity contribution is 7.80. The van der Waals surface area contributed by atoms with E-state index in [4.69, 9.17) is 45.1 Å². The fourth-order valence-electron chi connectivity index (χ4n) is 4.79. The maximum Gasteiger partial charge on any atom is 0.328 e. The Bertz CT molecular complexity index is 1670. The van der Waals surface area contributed by atoms with Gasteiger partial charge in [-0.3, -0.25) is 4.79 Å². The van der Waals surface area contributed by atoms with Gasteiger partial charge in [0.1, 0.15) is 6.04 Å². The van der Waals surface area contributed by atoms with Gasteiger partial charge >= 0.3 is 5.97 Å². The topological polar surface area (TPSA) is 98.8 Å². The molecule has 3 aromatic carbocycles. The molecule has 3 N–H and O–H groups in total. The van der Waals surface area contributed by atoms with Crippen LogP contribution in [0, 0.1) is 0 Å². The number of amides is 1. The minimum absolute atomic E-state index is 0.0703. The summed E-state index contributed by atoms with van der Waals surface area (Å²) in [5.74, 6) is -0.822. The Kier molecular flexibility index (Phi) is 8.58. The predicted molar refractivity (Wildman–Crippen MR) is 167 cm³/mol. The number of benzodiazepines with no additional fused rings is 1. The van der Waals surface area contributed by atoms with Crippen molar-refractivity contribution in [2.24, 2.45) is 4.99 Å². The molecule has 1 aliphatic heterocycles. The van der Waals surface area contributed by atoms with E-state index in [1.165, 1.54) is 4.90 Å². The van der Waals surface area contributed by atoms with Crippen LogP contribution in [0.3, 0.4) is 0 Å². The maximum absolute atomic E-state index is 13.6. The average Bonchev–Trinajstić information content (AvgIpc) is 3.33. The van der Waals surface area contributed by atoms with Crippen LogP contribution in [0.2, 0.25) is 10.0 Å². The number of carbonyl (C=O) groups excluding carboxylic acids is 2. The van der Waals surface area contributed by atoms with Crippen molar-refractivity contribution in [3.05, 3.63) is 99.7 Å². The molecular formula is C30H27Cl2N5O3S. The van der Waals surface area contributed by atoms with E-state index < -0.39 is 18.2 Å². The molecule has 0 aliphatic carbocycles. The molecule has 0 bridgehead atoms. The zero-order valence-corrected chi connectivity index (χ0v) is 24.6. The van der Waals surface area contributed by atoms with Crippen LogP contribution in [0.4, 0.5) is 5.69 Å². The summed E-state index contributed by atoms with van der Waals surface area (Å²) < 4.78 is 5.33. The molecule has 1 aromatic heterocycles. The highest BCUT2D eigenvalue weighted by Crippen LogP contribution is 2.32. The maximum atomic E-state index is 13.6. The second kappa shape index (κ2) is 12.3. The number of halogens is 2. The number of carbonyl (C=O) groups is 2. The Morgan fingerprint density at radius 3 is 2.66 bits per heavy atom. The SMILES string of the molecule is CCOC(=O)C(Cc1c[nH]c2ccccc12)NC(=S)NC1N=C(c2ccccc2Cl)c2cc(Cl)ccc2N(C)C1=O. The molecule has 1 amide bonds. The fraction of sp³-hybridized carbons (Fsp3) is 0.200. The second-order valence-electron chi connectivity index (χ2n) is 9.40. The standard InChI is InChI=1S/C30H27Cl2N5O3S/c1-3-40-29(39)24(14-17-16-33-23-11-7-5-8-19(17)23)34-30(41)36-27-28(38)37(2)25-13-12-18(31)15-21(25)26(35-27)20-9-4-6-10-22(20)32/h4-13,15-16,24,27,33H,3,14H2,1-2H3,(H2,34,36,41).